The minimum atomic E-state index is -0.261. The number of aromatic nitrogens is 3. The molecular weight excluding hydrogens is 404 g/mol. The van der Waals surface area contributed by atoms with Crippen molar-refractivity contribution >= 4 is 38.6 Å². The maximum absolute atomic E-state index is 12.8. The number of hydrogen-bond donors (Lipinski definition) is 2. The van der Waals surface area contributed by atoms with Crippen LogP contribution in [0, 0.1) is 5.92 Å². The molecule has 2 aromatic rings. The van der Waals surface area contributed by atoms with Crippen molar-refractivity contribution in [2.24, 2.45) is 5.92 Å². The normalized spacial score (nSPS) is 20.2. The molecule has 2 N–H and O–H groups in total. The number of piperidine rings is 1. The Bertz CT molecular complexity index is 998. The highest BCUT2D eigenvalue weighted by molar-refractivity contribution is 7.22. The first-order valence-corrected chi connectivity index (χ1v) is 11.5. The number of amides is 2. The molecule has 0 spiro atoms. The van der Waals surface area contributed by atoms with E-state index in [9.17, 15) is 14.4 Å². The number of fused-ring (bicyclic) bond motifs is 1. The van der Waals surface area contributed by atoms with Crippen LogP contribution in [-0.4, -0.2) is 51.5 Å². The fourth-order valence-corrected chi connectivity index (χ4v) is 4.58. The third kappa shape index (κ3) is 4.63. The molecule has 2 aliphatic rings. The molecule has 3 heterocycles. The summed E-state index contributed by atoms with van der Waals surface area (Å²) >= 11 is 1.29. The number of carbonyl (C=O) groups is 2. The van der Waals surface area contributed by atoms with E-state index in [-0.39, 0.29) is 35.9 Å². The second kappa shape index (κ2) is 8.71. The van der Waals surface area contributed by atoms with E-state index in [2.05, 4.69) is 25.5 Å². The molecule has 2 aromatic heterocycles. The summed E-state index contributed by atoms with van der Waals surface area (Å²) < 4.78 is 1.76. The zero-order chi connectivity index (χ0) is 21.3. The molecule has 9 nitrogen and oxygen atoms in total. The number of hydrogen-bond acceptors (Lipinski definition) is 7. The van der Waals surface area contributed by atoms with Crippen LogP contribution in [0.3, 0.4) is 0 Å². The van der Waals surface area contributed by atoms with Gasteiger partial charge in [0.2, 0.25) is 11.8 Å². The summed E-state index contributed by atoms with van der Waals surface area (Å²) in [5.74, 6) is -0.144. The molecule has 162 valence electrons. The molecule has 4 rings (SSSR count). The number of nitrogens with one attached hydrogen (secondary N) is 2. The Balaban J connectivity index is 1.49. The topological polar surface area (TPSA) is 109 Å². The lowest BCUT2D eigenvalue weighted by Gasteiger charge is -2.31. The van der Waals surface area contributed by atoms with E-state index >= 15 is 0 Å². The van der Waals surface area contributed by atoms with Crippen molar-refractivity contribution in [1.82, 2.24) is 25.2 Å². The predicted octanol–water partition coefficient (Wildman–Crippen LogP) is 1.26. The average Bonchev–Trinajstić information content (AvgIpc) is 3.44. The number of anilines is 1. The van der Waals surface area contributed by atoms with Gasteiger partial charge in [0.05, 0.1) is 5.92 Å². The van der Waals surface area contributed by atoms with Gasteiger partial charge in [0.1, 0.15) is 17.6 Å². The molecule has 1 aliphatic heterocycles. The molecule has 2 fully saturated rings. The minimum absolute atomic E-state index is 0.0553. The van der Waals surface area contributed by atoms with Gasteiger partial charge in [-0.05, 0) is 39.0 Å². The predicted molar refractivity (Wildman–Crippen MR) is 116 cm³/mol. The maximum Gasteiger partial charge on any atom is 0.273 e. The molecule has 1 aliphatic carbocycles. The van der Waals surface area contributed by atoms with Crippen LogP contribution in [0.4, 0.5) is 5.13 Å². The minimum Gasteiger partial charge on any atom is -0.353 e. The lowest BCUT2D eigenvalue weighted by molar-refractivity contribution is -0.125. The van der Waals surface area contributed by atoms with Crippen molar-refractivity contribution in [3.8, 4) is 0 Å². The van der Waals surface area contributed by atoms with Gasteiger partial charge in [-0.25, -0.2) is 4.98 Å². The molecule has 1 saturated carbocycles. The fourth-order valence-electron chi connectivity index (χ4n) is 3.57. The second-order valence-corrected chi connectivity index (χ2v) is 9.25. The van der Waals surface area contributed by atoms with Gasteiger partial charge in [-0.1, -0.05) is 18.3 Å². The molecule has 30 heavy (non-hydrogen) atoms. The summed E-state index contributed by atoms with van der Waals surface area (Å²) in [6.45, 7) is 5.26. The van der Waals surface area contributed by atoms with E-state index in [0.29, 0.717) is 28.1 Å². The van der Waals surface area contributed by atoms with Gasteiger partial charge in [0.15, 0.2) is 10.8 Å². The molecule has 10 heteroatoms. The van der Waals surface area contributed by atoms with Gasteiger partial charge < -0.3 is 15.5 Å². The lowest BCUT2D eigenvalue weighted by atomic mass is 9.97. The first-order valence-electron chi connectivity index (χ1n) is 10.6. The Kier molecular flexibility index (Phi) is 6.03. The van der Waals surface area contributed by atoms with Gasteiger partial charge in [-0.15, -0.1) is 0 Å². The Morgan fingerprint density at radius 2 is 2.13 bits per heavy atom. The van der Waals surface area contributed by atoms with Gasteiger partial charge in [-0.3, -0.25) is 19.0 Å². The molecule has 2 amide bonds. The highest BCUT2D eigenvalue weighted by Gasteiger charge is 2.31. The van der Waals surface area contributed by atoms with E-state index in [1.807, 2.05) is 13.8 Å². The first kappa shape index (κ1) is 20.8. The second-order valence-electron chi connectivity index (χ2n) is 8.27. The van der Waals surface area contributed by atoms with Crippen molar-refractivity contribution < 1.29 is 9.59 Å². The average molecular weight is 433 g/mol. The number of rotatable bonds is 7. The Hall–Kier alpha value is -2.49. The van der Waals surface area contributed by atoms with E-state index in [1.165, 1.54) is 22.2 Å². The molecule has 2 atom stereocenters. The van der Waals surface area contributed by atoms with E-state index in [4.69, 9.17) is 0 Å². The highest BCUT2D eigenvalue weighted by atomic mass is 32.1. The van der Waals surface area contributed by atoms with E-state index in [1.54, 1.807) is 0 Å². The van der Waals surface area contributed by atoms with Gasteiger partial charge in [0.25, 0.3) is 5.56 Å². The SMILES string of the molecule is CCC(C)NC(=O)Cn1cnc2nc(N3CCCC(C(=O)NC4CC4)C3)sc2c1=O. The molecule has 2 unspecified atom stereocenters. The third-order valence-corrected chi connectivity index (χ3v) is 6.79. The smallest absolute Gasteiger partial charge is 0.273 e. The number of carbonyl (C=O) groups excluding carboxylic acids is 2. The molecule has 0 bridgehead atoms. The van der Waals surface area contributed by atoms with Crippen LogP contribution in [0.5, 0.6) is 0 Å². The zero-order valence-corrected chi connectivity index (χ0v) is 18.2. The molecule has 0 radical (unpaired) electrons. The van der Waals surface area contributed by atoms with Crippen LogP contribution in [0.25, 0.3) is 10.3 Å². The molecule has 0 aromatic carbocycles. The van der Waals surface area contributed by atoms with Crippen LogP contribution in [-0.2, 0) is 16.1 Å². The van der Waals surface area contributed by atoms with Crippen molar-refractivity contribution in [3.63, 3.8) is 0 Å². The summed E-state index contributed by atoms with van der Waals surface area (Å²) in [4.78, 5) is 48.3. The fraction of sp³-hybridized carbons (Fsp3) is 0.650. The van der Waals surface area contributed by atoms with Crippen LogP contribution < -0.4 is 21.1 Å². The van der Waals surface area contributed by atoms with Crippen molar-refractivity contribution in [2.45, 2.75) is 64.6 Å². The maximum atomic E-state index is 12.8. The van der Waals surface area contributed by atoms with Crippen LogP contribution in [0.1, 0.15) is 46.0 Å². The largest absolute Gasteiger partial charge is 0.353 e. The van der Waals surface area contributed by atoms with E-state index in [0.717, 1.165) is 38.6 Å². The summed E-state index contributed by atoms with van der Waals surface area (Å²) in [5, 5.41) is 6.66. The van der Waals surface area contributed by atoms with E-state index < -0.39 is 0 Å². The van der Waals surface area contributed by atoms with Crippen molar-refractivity contribution in [1.29, 1.82) is 0 Å². The number of nitrogens with zero attached hydrogens (tertiary/aromatic N) is 4. The summed E-state index contributed by atoms with van der Waals surface area (Å²) in [6.07, 6.45) is 6.14. The summed E-state index contributed by atoms with van der Waals surface area (Å²) in [5.41, 5.74) is 0.131. The highest BCUT2D eigenvalue weighted by Crippen LogP contribution is 2.30. The Morgan fingerprint density at radius 1 is 1.33 bits per heavy atom. The number of thiazole rings is 1. The van der Waals surface area contributed by atoms with Gasteiger partial charge in [-0.2, -0.15) is 4.98 Å². The zero-order valence-electron chi connectivity index (χ0n) is 17.4. The van der Waals surface area contributed by atoms with Gasteiger partial charge in [0, 0.05) is 25.2 Å². The summed E-state index contributed by atoms with van der Waals surface area (Å²) in [7, 11) is 0. The van der Waals surface area contributed by atoms with Crippen LogP contribution in [0.15, 0.2) is 11.1 Å². The van der Waals surface area contributed by atoms with Crippen molar-refractivity contribution in [3.05, 3.63) is 16.7 Å². The third-order valence-electron chi connectivity index (χ3n) is 5.69. The molecule has 1 saturated heterocycles. The Labute approximate surface area is 178 Å². The molecular formula is C20H28N6O3S. The van der Waals surface area contributed by atoms with Crippen molar-refractivity contribution in [2.75, 3.05) is 18.0 Å². The summed E-state index contributed by atoms with van der Waals surface area (Å²) in [6, 6.07) is 0.416. The first-order chi connectivity index (χ1) is 14.4. The quantitative estimate of drug-likeness (QED) is 0.682. The van der Waals surface area contributed by atoms with Gasteiger partial charge >= 0.3 is 0 Å². The monoisotopic (exact) mass is 432 g/mol. The van der Waals surface area contributed by atoms with Crippen LogP contribution >= 0.6 is 11.3 Å². The van der Waals surface area contributed by atoms with Crippen LogP contribution in [0.2, 0.25) is 0 Å². The standard InChI is InChI=1S/C20H28N6O3S/c1-3-12(2)22-15(27)10-26-11-21-17-16(19(26)29)30-20(24-17)25-8-4-5-13(9-25)18(28)23-14-6-7-14/h11-14H,3-10H2,1-2H3,(H,22,27)(H,23,28). The lowest BCUT2D eigenvalue weighted by Crippen LogP contribution is -2.43. The Morgan fingerprint density at radius 3 is 2.87 bits per heavy atom.